The molecule has 0 aliphatic heterocycles. The van der Waals surface area contributed by atoms with Gasteiger partial charge in [-0.1, -0.05) is 12.1 Å². The van der Waals surface area contributed by atoms with Gasteiger partial charge in [0.1, 0.15) is 4.90 Å². The Morgan fingerprint density at radius 3 is 2.62 bits per heavy atom. The number of hydrogen-bond donors (Lipinski definition) is 3. The molecular weight excluding hydrogens is 292 g/mol. The Kier molecular flexibility index (Phi) is 7.66. The molecule has 0 aromatic heterocycles. The van der Waals surface area contributed by atoms with Crippen LogP contribution in [0.3, 0.4) is 0 Å². The average molecular weight is 316 g/mol. The Bertz CT molecular complexity index is 517. The number of nitrogens with one attached hydrogen (secondary N) is 2. The lowest BCUT2D eigenvalue weighted by atomic mass is 10.3. The van der Waals surface area contributed by atoms with Crippen molar-refractivity contribution in [1.82, 2.24) is 4.72 Å². The molecule has 0 aliphatic carbocycles. The molecule has 21 heavy (non-hydrogen) atoms. The molecule has 0 heterocycles. The summed E-state index contributed by atoms with van der Waals surface area (Å²) < 4.78 is 32.2. The van der Waals surface area contributed by atoms with Crippen LogP contribution in [0, 0.1) is 0 Å². The largest absolute Gasteiger partial charge is 0.394 e. The van der Waals surface area contributed by atoms with E-state index in [0.29, 0.717) is 25.4 Å². The number of para-hydroxylation sites is 1. The van der Waals surface area contributed by atoms with Gasteiger partial charge in [0.2, 0.25) is 10.0 Å². The van der Waals surface area contributed by atoms with E-state index in [-0.39, 0.29) is 17.5 Å². The van der Waals surface area contributed by atoms with E-state index in [0.717, 1.165) is 6.42 Å². The Labute approximate surface area is 126 Å². The van der Waals surface area contributed by atoms with Gasteiger partial charge < -0.3 is 15.2 Å². The first-order valence-corrected chi connectivity index (χ1v) is 8.49. The molecular formula is C14H24N2O4S. The third-order valence-corrected chi connectivity index (χ3v) is 4.30. The molecule has 7 heteroatoms. The Morgan fingerprint density at radius 2 is 1.95 bits per heavy atom. The molecule has 1 rings (SSSR count). The van der Waals surface area contributed by atoms with Crippen molar-refractivity contribution in [3.05, 3.63) is 24.3 Å². The third-order valence-electron chi connectivity index (χ3n) is 2.58. The predicted octanol–water partition coefficient (Wildman–Crippen LogP) is 1.18. The summed E-state index contributed by atoms with van der Waals surface area (Å²) in [7, 11) is -3.52. The summed E-state index contributed by atoms with van der Waals surface area (Å²) in [6, 6.07) is 6.65. The topological polar surface area (TPSA) is 87.7 Å². The number of aliphatic hydroxyl groups excluding tert-OH is 1. The molecule has 0 saturated carbocycles. The van der Waals surface area contributed by atoms with E-state index < -0.39 is 10.0 Å². The molecule has 0 bridgehead atoms. The normalized spacial score (nSPS) is 11.8. The molecule has 0 radical (unpaired) electrons. The number of hydrogen-bond acceptors (Lipinski definition) is 5. The second-order valence-electron chi connectivity index (χ2n) is 4.89. The minimum atomic E-state index is -3.52. The van der Waals surface area contributed by atoms with Gasteiger partial charge in [-0.3, -0.25) is 0 Å². The van der Waals surface area contributed by atoms with Crippen LogP contribution < -0.4 is 10.0 Å². The highest BCUT2D eigenvalue weighted by molar-refractivity contribution is 7.89. The van der Waals surface area contributed by atoms with Gasteiger partial charge in [-0.05, 0) is 32.4 Å². The first-order chi connectivity index (χ1) is 9.97. The van der Waals surface area contributed by atoms with Gasteiger partial charge >= 0.3 is 0 Å². The summed E-state index contributed by atoms with van der Waals surface area (Å²) in [6.07, 6.45) is 0.728. The molecule has 120 valence electrons. The van der Waals surface area contributed by atoms with Crippen LogP contribution in [0.4, 0.5) is 5.69 Å². The standard InChI is InChI=1S/C14H24N2O4S/c1-12(2)16-21(18,19)14-7-4-3-6-13(14)15-8-5-10-20-11-9-17/h3-4,6-7,12,15-17H,5,8-11H2,1-2H3. The minimum Gasteiger partial charge on any atom is -0.394 e. The lowest BCUT2D eigenvalue weighted by molar-refractivity contribution is 0.0922. The molecule has 0 spiro atoms. The quantitative estimate of drug-likeness (QED) is 0.564. The van der Waals surface area contributed by atoms with Crippen molar-refractivity contribution in [1.29, 1.82) is 0 Å². The number of sulfonamides is 1. The minimum absolute atomic E-state index is 0.00930. The van der Waals surface area contributed by atoms with Crippen LogP contribution in [0.2, 0.25) is 0 Å². The van der Waals surface area contributed by atoms with Crippen LogP contribution in [0.25, 0.3) is 0 Å². The monoisotopic (exact) mass is 316 g/mol. The predicted molar refractivity (Wildman–Crippen MR) is 82.9 cm³/mol. The van der Waals surface area contributed by atoms with Crippen LogP contribution >= 0.6 is 0 Å². The molecule has 0 fully saturated rings. The highest BCUT2D eigenvalue weighted by Gasteiger charge is 2.18. The van der Waals surface area contributed by atoms with E-state index in [1.54, 1.807) is 38.1 Å². The second-order valence-corrected chi connectivity index (χ2v) is 6.57. The van der Waals surface area contributed by atoms with Gasteiger partial charge in [0.25, 0.3) is 0 Å². The molecule has 0 unspecified atom stereocenters. The summed E-state index contributed by atoms with van der Waals surface area (Å²) in [5, 5.41) is 11.7. The molecule has 0 amide bonds. The van der Waals surface area contributed by atoms with E-state index in [1.165, 1.54) is 0 Å². The maximum Gasteiger partial charge on any atom is 0.242 e. The smallest absolute Gasteiger partial charge is 0.242 e. The fourth-order valence-corrected chi connectivity index (χ4v) is 3.22. The second kappa shape index (κ2) is 8.99. The highest BCUT2D eigenvalue weighted by Crippen LogP contribution is 2.20. The number of rotatable bonds is 10. The summed E-state index contributed by atoms with van der Waals surface area (Å²) >= 11 is 0. The highest BCUT2D eigenvalue weighted by atomic mass is 32.2. The molecule has 0 atom stereocenters. The van der Waals surface area contributed by atoms with Crippen LogP contribution in [0.5, 0.6) is 0 Å². The number of ether oxygens (including phenoxy) is 1. The molecule has 6 nitrogen and oxygen atoms in total. The average Bonchev–Trinajstić information content (AvgIpc) is 2.41. The van der Waals surface area contributed by atoms with Gasteiger partial charge in [-0.25, -0.2) is 13.1 Å². The van der Waals surface area contributed by atoms with Crippen molar-refractivity contribution in [2.45, 2.75) is 31.2 Å². The van der Waals surface area contributed by atoms with E-state index in [4.69, 9.17) is 9.84 Å². The zero-order chi connectivity index (χ0) is 15.7. The maximum absolute atomic E-state index is 12.2. The van der Waals surface area contributed by atoms with E-state index >= 15 is 0 Å². The first-order valence-electron chi connectivity index (χ1n) is 7.01. The Morgan fingerprint density at radius 1 is 1.24 bits per heavy atom. The molecule has 1 aromatic carbocycles. The number of benzene rings is 1. The fourth-order valence-electron chi connectivity index (χ4n) is 1.78. The SMILES string of the molecule is CC(C)NS(=O)(=O)c1ccccc1NCCCOCCO. The van der Waals surface area contributed by atoms with E-state index in [2.05, 4.69) is 10.0 Å². The summed E-state index contributed by atoms with van der Waals surface area (Å²) in [5.41, 5.74) is 0.577. The molecule has 1 aromatic rings. The zero-order valence-electron chi connectivity index (χ0n) is 12.5. The van der Waals surface area contributed by atoms with Gasteiger partial charge in [0, 0.05) is 19.2 Å². The van der Waals surface area contributed by atoms with E-state index in [9.17, 15) is 8.42 Å². The summed E-state index contributed by atoms with van der Waals surface area (Å²) in [4.78, 5) is 0.245. The van der Waals surface area contributed by atoms with Crippen LogP contribution in [-0.4, -0.2) is 45.9 Å². The van der Waals surface area contributed by atoms with Crippen molar-refractivity contribution in [3.8, 4) is 0 Å². The maximum atomic E-state index is 12.2. The number of anilines is 1. The lowest BCUT2D eigenvalue weighted by Gasteiger charge is -2.14. The van der Waals surface area contributed by atoms with Crippen molar-refractivity contribution in [3.63, 3.8) is 0 Å². The Balaban J connectivity index is 2.63. The van der Waals surface area contributed by atoms with Crippen LogP contribution in [0.15, 0.2) is 29.2 Å². The van der Waals surface area contributed by atoms with Crippen molar-refractivity contribution in [2.24, 2.45) is 0 Å². The molecule has 3 N–H and O–H groups in total. The summed E-state index contributed by atoms with van der Waals surface area (Å²) in [6.45, 7) is 5.02. The van der Waals surface area contributed by atoms with Crippen LogP contribution in [-0.2, 0) is 14.8 Å². The van der Waals surface area contributed by atoms with Gasteiger partial charge in [0.05, 0.1) is 18.9 Å². The van der Waals surface area contributed by atoms with E-state index in [1.807, 2.05) is 0 Å². The molecule has 0 saturated heterocycles. The summed E-state index contributed by atoms with van der Waals surface area (Å²) in [5.74, 6) is 0. The molecule has 0 aliphatic rings. The van der Waals surface area contributed by atoms with Crippen LogP contribution in [0.1, 0.15) is 20.3 Å². The van der Waals surface area contributed by atoms with Crippen molar-refractivity contribution < 1.29 is 18.3 Å². The van der Waals surface area contributed by atoms with Crippen molar-refractivity contribution >= 4 is 15.7 Å². The first kappa shape index (κ1) is 17.9. The Hall–Kier alpha value is -1.15. The zero-order valence-corrected chi connectivity index (χ0v) is 13.3. The lowest BCUT2D eigenvalue weighted by Crippen LogP contribution is -2.30. The third kappa shape index (κ3) is 6.43. The van der Waals surface area contributed by atoms with Crippen molar-refractivity contribution in [2.75, 3.05) is 31.7 Å². The number of aliphatic hydroxyl groups is 1. The van der Waals surface area contributed by atoms with Gasteiger partial charge in [0.15, 0.2) is 0 Å². The van der Waals surface area contributed by atoms with Gasteiger partial charge in [-0.2, -0.15) is 0 Å². The fraction of sp³-hybridized carbons (Fsp3) is 0.571. The van der Waals surface area contributed by atoms with Gasteiger partial charge in [-0.15, -0.1) is 0 Å².